The normalized spacial score (nSPS) is 23.3. The molecule has 0 aliphatic carbocycles. The number of aliphatic hydroxyl groups excluding tert-OH is 1. The molecule has 2 unspecified atom stereocenters. The molecule has 1 aliphatic rings. The van der Waals surface area contributed by atoms with Gasteiger partial charge in [-0.25, -0.2) is 8.42 Å². The fourth-order valence-electron chi connectivity index (χ4n) is 2.76. The second-order valence-electron chi connectivity index (χ2n) is 5.40. The van der Waals surface area contributed by atoms with Gasteiger partial charge < -0.3 is 10.8 Å². The Kier molecular flexibility index (Phi) is 4.98. The number of hydrogen-bond acceptors (Lipinski definition) is 4. The van der Waals surface area contributed by atoms with Gasteiger partial charge in [-0.05, 0) is 17.9 Å². The average molecular weight is 328 g/mol. The first-order valence-corrected chi connectivity index (χ1v) is 8.86. The standard InChI is InChI=1S/C14H20N2O3S2/c1-10-6-7-16(13(10)8-17)21(18,19)9-11-4-2-3-5-12(11)14(15)20/h2-5,10,13,17H,6-9H2,1H3,(H2,15,20). The first-order valence-electron chi connectivity index (χ1n) is 6.85. The molecule has 7 heteroatoms. The number of aliphatic hydroxyl groups is 1. The van der Waals surface area contributed by atoms with Gasteiger partial charge >= 0.3 is 0 Å². The Balaban J connectivity index is 2.28. The lowest BCUT2D eigenvalue weighted by molar-refractivity contribution is 0.191. The van der Waals surface area contributed by atoms with Gasteiger partial charge in [0, 0.05) is 12.1 Å². The number of sulfonamides is 1. The van der Waals surface area contributed by atoms with Gasteiger partial charge in [0.25, 0.3) is 0 Å². The van der Waals surface area contributed by atoms with Crippen molar-refractivity contribution in [1.82, 2.24) is 4.31 Å². The Bertz CT molecular complexity index is 631. The predicted molar refractivity (Wildman–Crippen MR) is 86.3 cm³/mol. The van der Waals surface area contributed by atoms with Gasteiger partial charge in [0.2, 0.25) is 10.0 Å². The molecule has 116 valence electrons. The van der Waals surface area contributed by atoms with E-state index in [1.807, 2.05) is 6.92 Å². The quantitative estimate of drug-likeness (QED) is 0.783. The predicted octanol–water partition coefficient (Wildman–Crippen LogP) is 0.853. The molecule has 5 nitrogen and oxygen atoms in total. The summed E-state index contributed by atoms with van der Waals surface area (Å²) in [6.45, 7) is 2.25. The summed E-state index contributed by atoms with van der Waals surface area (Å²) in [6.07, 6.45) is 0.765. The number of hydrogen-bond donors (Lipinski definition) is 2. The van der Waals surface area contributed by atoms with E-state index in [9.17, 15) is 13.5 Å². The van der Waals surface area contributed by atoms with Gasteiger partial charge in [0.15, 0.2) is 0 Å². The minimum Gasteiger partial charge on any atom is -0.395 e. The maximum absolute atomic E-state index is 12.6. The number of rotatable bonds is 5. The van der Waals surface area contributed by atoms with Crippen molar-refractivity contribution in [2.45, 2.75) is 25.1 Å². The number of benzene rings is 1. The third-order valence-corrected chi connectivity index (χ3v) is 6.06. The van der Waals surface area contributed by atoms with E-state index < -0.39 is 10.0 Å². The minimum atomic E-state index is -3.51. The van der Waals surface area contributed by atoms with Crippen LogP contribution in [-0.2, 0) is 15.8 Å². The molecule has 0 radical (unpaired) electrons. The van der Waals surface area contributed by atoms with Crippen LogP contribution in [0.15, 0.2) is 24.3 Å². The third-order valence-electron chi connectivity index (χ3n) is 4.00. The fourth-order valence-corrected chi connectivity index (χ4v) is 4.84. The molecule has 2 rings (SSSR count). The monoisotopic (exact) mass is 328 g/mol. The second kappa shape index (κ2) is 6.39. The lowest BCUT2D eigenvalue weighted by atomic mass is 10.0. The molecule has 1 aromatic carbocycles. The molecule has 1 aromatic rings. The second-order valence-corrected chi connectivity index (χ2v) is 7.77. The Morgan fingerprint density at radius 1 is 1.48 bits per heavy atom. The van der Waals surface area contributed by atoms with E-state index in [1.54, 1.807) is 24.3 Å². The van der Waals surface area contributed by atoms with Crippen LogP contribution in [0.1, 0.15) is 24.5 Å². The van der Waals surface area contributed by atoms with Crippen molar-refractivity contribution in [3.05, 3.63) is 35.4 Å². The molecular weight excluding hydrogens is 308 g/mol. The number of thiocarbonyl (C=S) groups is 1. The Hall–Kier alpha value is -1.02. The Labute approximate surface area is 130 Å². The van der Waals surface area contributed by atoms with Crippen LogP contribution < -0.4 is 5.73 Å². The zero-order chi connectivity index (χ0) is 15.6. The third kappa shape index (κ3) is 3.42. The zero-order valence-electron chi connectivity index (χ0n) is 11.9. The molecule has 1 heterocycles. The zero-order valence-corrected chi connectivity index (χ0v) is 13.5. The van der Waals surface area contributed by atoms with E-state index >= 15 is 0 Å². The van der Waals surface area contributed by atoms with E-state index in [0.717, 1.165) is 6.42 Å². The van der Waals surface area contributed by atoms with E-state index in [4.69, 9.17) is 18.0 Å². The highest BCUT2D eigenvalue weighted by molar-refractivity contribution is 7.88. The lowest BCUT2D eigenvalue weighted by Gasteiger charge is -2.25. The molecule has 0 amide bonds. The molecule has 0 aromatic heterocycles. The molecule has 2 atom stereocenters. The first kappa shape index (κ1) is 16.4. The average Bonchev–Trinajstić information content (AvgIpc) is 2.80. The minimum absolute atomic E-state index is 0.149. The van der Waals surface area contributed by atoms with Crippen LogP contribution in [0.2, 0.25) is 0 Å². The van der Waals surface area contributed by atoms with Crippen LogP contribution in [-0.4, -0.2) is 42.0 Å². The summed E-state index contributed by atoms with van der Waals surface area (Å²) >= 11 is 4.97. The van der Waals surface area contributed by atoms with Crippen LogP contribution in [0.5, 0.6) is 0 Å². The highest BCUT2D eigenvalue weighted by atomic mass is 32.2. The van der Waals surface area contributed by atoms with Crippen molar-refractivity contribution in [3.63, 3.8) is 0 Å². The van der Waals surface area contributed by atoms with Gasteiger partial charge in [-0.1, -0.05) is 43.4 Å². The summed E-state index contributed by atoms with van der Waals surface area (Å²) in [6, 6.07) is 6.65. The van der Waals surface area contributed by atoms with Crippen molar-refractivity contribution in [1.29, 1.82) is 0 Å². The Morgan fingerprint density at radius 3 is 2.76 bits per heavy atom. The summed E-state index contributed by atoms with van der Waals surface area (Å²) in [5.41, 5.74) is 6.83. The molecule has 0 bridgehead atoms. The van der Waals surface area contributed by atoms with E-state index in [1.165, 1.54) is 4.31 Å². The van der Waals surface area contributed by atoms with Crippen LogP contribution in [0.25, 0.3) is 0 Å². The first-order chi connectivity index (χ1) is 9.86. The molecule has 1 saturated heterocycles. The maximum atomic E-state index is 12.6. The Morgan fingerprint density at radius 2 is 2.14 bits per heavy atom. The van der Waals surface area contributed by atoms with Crippen molar-refractivity contribution < 1.29 is 13.5 Å². The summed E-state index contributed by atoms with van der Waals surface area (Å²) in [7, 11) is -3.51. The van der Waals surface area contributed by atoms with E-state index in [2.05, 4.69) is 0 Å². The molecule has 3 N–H and O–H groups in total. The topological polar surface area (TPSA) is 83.6 Å². The van der Waals surface area contributed by atoms with Gasteiger partial charge in [-0.3, -0.25) is 0 Å². The molecule has 21 heavy (non-hydrogen) atoms. The largest absolute Gasteiger partial charge is 0.395 e. The van der Waals surface area contributed by atoms with Crippen LogP contribution >= 0.6 is 12.2 Å². The summed E-state index contributed by atoms with van der Waals surface area (Å²) in [4.78, 5) is 0.189. The van der Waals surface area contributed by atoms with E-state index in [0.29, 0.717) is 17.7 Å². The highest BCUT2D eigenvalue weighted by Crippen LogP contribution is 2.28. The van der Waals surface area contributed by atoms with Gasteiger partial charge in [-0.2, -0.15) is 4.31 Å². The lowest BCUT2D eigenvalue weighted by Crippen LogP contribution is -2.40. The number of nitrogens with two attached hydrogens (primary N) is 1. The van der Waals surface area contributed by atoms with Gasteiger partial charge in [0.1, 0.15) is 4.99 Å². The van der Waals surface area contributed by atoms with Gasteiger partial charge in [0.05, 0.1) is 18.4 Å². The maximum Gasteiger partial charge on any atom is 0.218 e. The molecule has 0 saturated carbocycles. The highest BCUT2D eigenvalue weighted by Gasteiger charge is 2.38. The SMILES string of the molecule is CC1CCN(S(=O)(=O)Cc2ccccc2C(N)=S)C1CO. The van der Waals surface area contributed by atoms with Crippen LogP contribution in [0.4, 0.5) is 0 Å². The number of nitrogens with zero attached hydrogens (tertiary/aromatic N) is 1. The summed E-state index contributed by atoms with van der Waals surface area (Å²) in [5.74, 6) is 0.0135. The molecular formula is C14H20N2O3S2. The smallest absolute Gasteiger partial charge is 0.218 e. The van der Waals surface area contributed by atoms with Crippen molar-refractivity contribution in [2.24, 2.45) is 11.7 Å². The van der Waals surface area contributed by atoms with Crippen molar-refractivity contribution in [3.8, 4) is 0 Å². The summed E-state index contributed by atoms with van der Waals surface area (Å²) < 4.78 is 26.7. The molecule has 0 spiro atoms. The van der Waals surface area contributed by atoms with Gasteiger partial charge in [-0.15, -0.1) is 0 Å². The summed E-state index contributed by atoms with van der Waals surface area (Å²) in [5, 5.41) is 9.43. The van der Waals surface area contributed by atoms with Crippen molar-refractivity contribution >= 4 is 27.2 Å². The van der Waals surface area contributed by atoms with Crippen molar-refractivity contribution in [2.75, 3.05) is 13.2 Å². The van der Waals surface area contributed by atoms with E-state index in [-0.39, 0.29) is 29.3 Å². The molecule has 1 aliphatic heterocycles. The van der Waals surface area contributed by atoms with Crippen LogP contribution in [0, 0.1) is 5.92 Å². The molecule has 1 fully saturated rings. The fraction of sp³-hybridized carbons (Fsp3) is 0.500. The van der Waals surface area contributed by atoms with Crippen LogP contribution in [0.3, 0.4) is 0 Å².